The molecule has 0 saturated carbocycles. The predicted octanol–water partition coefficient (Wildman–Crippen LogP) is 1.60. The van der Waals surface area contributed by atoms with Gasteiger partial charge in [-0.3, -0.25) is 4.79 Å². The zero-order chi connectivity index (χ0) is 10.6. The quantitative estimate of drug-likeness (QED) is 0.764. The molecule has 0 spiro atoms. The summed E-state index contributed by atoms with van der Waals surface area (Å²) in [5.41, 5.74) is 0. The van der Waals surface area contributed by atoms with E-state index in [0.29, 0.717) is 5.82 Å². The van der Waals surface area contributed by atoms with Crippen molar-refractivity contribution in [2.24, 2.45) is 5.92 Å². The maximum absolute atomic E-state index is 10.7. The number of hydrogen-bond donors (Lipinski definition) is 2. The van der Waals surface area contributed by atoms with Crippen molar-refractivity contribution in [2.45, 2.75) is 19.9 Å². The van der Waals surface area contributed by atoms with Crippen molar-refractivity contribution in [3.05, 3.63) is 24.4 Å². The van der Waals surface area contributed by atoms with Crippen molar-refractivity contribution in [1.82, 2.24) is 4.98 Å². The molecule has 2 N–H and O–H groups in total. The Morgan fingerprint density at radius 3 is 2.71 bits per heavy atom. The molecule has 0 aliphatic rings. The molecule has 1 aromatic heterocycles. The first-order valence-corrected chi connectivity index (χ1v) is 4.51. The van der Waals surface area contributed by atoms with Gasteiger partial charge in [0.25, 0.3) is 0 Å². The lowest BCUT2D eigenvalue weighted by Crippen LogP contribution is -2.29. The van der Waals surface area contributed by atoms with E-state index in [0.717, 1.165) is 0 Å². The maximum atomic E-state index is 10.7. The number of aromatic nitrogens is 1. The molecule has 1 heterocycles. The van der Waals surface area contributed by atoms with Gasteiger partial charge in [-0.25, -0.2) is 4.98 Å². The van der Waals surface area contributed by atoms with Crippen LogP contribution >= 0.6 is 0 Å². The highest BCUT2D eigenvalue weighted by atomic mass is 16.4. The lowest BCUT2D eigenvalue weighted by atomic mass is 10.0. The number of hydrogen-bond acceptors (Lipinski definition) is 3. The first-order valence-electron chi connectivity index (χ1n) is 4.51. The van der Waals surface area contributed by atoms with Crippen molar-refractivity contribution in [1.29, 1.82) is 0 Å². The smallest absolute Gasteiger partial charge is 0.308 e. The van der Waals surface area contributed by atoms with E-state index < -0.39 is 11.9 Å². The average molecular weight is 194 g/mol. The standard InChI is InChI=1S/C10H14N2O2/c1-7(10(13)14)8(2)12-9-5-3-4-6-11-9/h3-8H,1-2H3,(H,11,12)(H,13,14)/t7-,8+/m0/s1. The van der Waals surface area contributed by atoms with Crippen LogP contribution < -0.4 is 5.32 Å². The SMILES string of the molecule is C[C@H](C(=O)O)[C@@H](C)Nc1ccccn1. The molecule has 1 rings (SSSR count). The van der Waals surface area contributed by atoms with Crippen LogP contribution in [0, 0.1) is 5.92 Å². The minimum absolute atomic E-state index is 0.137. The van der Waals surface area contributed by atoms with Crippen LogP contribution in [0.15, 0.2) is 24.4 Å². The normalized spacial score (nSPS) is 14.4. The highest BCUT2D eigenvalue weighted by Gasteiger charge is 2.18. The van der Waals surface area contributed by atoms with Gasteiger partial charge < -0.3 is 10.4 Å². The molecule has 1 aromatic rings. The molecule has 4 heteroatoms. The summed E-state index contributed by atoms with van der Waals surface area (Å²) in [4.78, 5) is 14.7. The molecule has 0 bridgehead atoms. The topological polar surface area (TPSA) is 62.2 Å². The number of carbonyl (C=O) groups is 1. The number of carboxylic acids is 1. The Bertz CT molecular complexity index is 300. The number of anilines is 1. The molecule has 14 heavy (non-hydrogen) atoms. The maximum Gasteiger partial charge on any atom is 0.308 e. The fourth-order valence-corrected chi connectivity index (χ4v) is 1.02. The van der Waals surface area contributed by atoms with Gasteiger partial charge in [0.2, 0.25) is 0 Å². The van der Waals surface area contributed by atoms with Crippen molar-refractivity contribution >= 4 is 11.8 Å². The predicted molar refractivity (Wildman–Crippen MR) is 54.1 cm³/mol. The Labute approximate surface area is 83.0 Å². The van der Waals surface area contributed by atoms with Crippen LogP contribution in [-0.4, -0.2) is 22.1 Å². The van der Waals surface area contributed by atoms with Crippen LogP contribution in [0.2, 0.25) is 0 Å². The van der Waals surface area contributed by atoms with Crippen molar-refractivity contribution in [2.75, 3.05) is 5.32 Å². The minimum Gasteiger partial charge on any atom is -0.481 e. The average Bonchev–Trinajstić information content (AvgIpc) is 2.18. The molecule has 2 atom stereocenters. The lowest BCUT2D eigenvalue weighted by molar-refractivity contribution is -0.141. The second-order valence-corrected chi connectivity index (χ2v) is 3.27. The number of aliphatic carboxylic acids is 1. The van der Waals surface area contributed by atoms with E-state index in [1.54, 1.807) is 13.1 Å². The van der Waals surface area contributed by atoms with Gasteiger partial charge in [-0.1, -0.05) is 6.07 Å². The fraction of sp³-hybridized carbons (Fsp3) is 0.400. The van der Waals surface area contributed by atoms with Gasteiger partial charge in [-0.15, -0.1) is 0 Å². The highest BCUT2D eigenvalue weighted by Crippen LogP contribution is 2.09. The van der Waals surface area contributed by atoms with Gasteiger partial charge in [0.1, 0.15) is 5.82 Å². The third kappa shape index (κ3) is 2.73. The first kappa shape index (κ1) is 10.5. The highest BCUT2D eigenvalue weighted by molar-refractivity contribution is 5.70. The van der Waals surface area contributed by atoms with Crippen molar-refractivity contribution in [3.63, 3.8) is 0 Å². The lowest BCUT2D eigenvalue weighted by Gasteiger charge is -2.17. The third-order valence-corrected chi connectivity index (χ3v) is 2.18. The molecule has 0 fully saturated rings. The Kier molecular flexibility index (Phi) is 3.45. The summed E-state index contributed by atoms with van der Waals surface area (Å²) in [6.07, 6.45) is 1.67. The van der Waals surface area contributed by atoms with Crippen LogP contribution in [0.3, 0.4) is 0 Å². The summed E-state index contributed by atoms with van der Waals surface area (Å²) >= 11 is 0. The summed E-state index contributed by atoms with van der Waals surface area (Å²) in [5, 5.41) is 11.8. The minimum atomic E-state index is -0.805. The third-order valence-electron chi connectivity index (χ3n) is 2.18. The molecule has 76 valence electrons. The number of rotatable bonds is 4. The second-order valence-electron chi connectivity index (χ2n) is 3.27. The summed E-state index contributed by atoms with van der Waals surface area (Å²) in [5.74, 6) is -0.536. The summed E-state index contributed by atoms with van der Waals surface area (Å²) in [6, 6.07) is 5.34. The molecule has 4 nitrogen and oxygen atoms in total. The summed E-state index contributed by atoms with van der Waals surface area (Å²) < 4.78 is 0. The molecular weight excluding hydrogens is 180 g/mol. The van der Waals surface area contributed by atoms with E-state index in [9.17, 15) is 4.79 Å². The number of nitrogens with one attached hydrogen (secondary N) is 1. The van der Waals surface area contributed by atoms with E-state index in [4.69, 9.17) is 5.11 Å². The van der Waals surface area contributed by atoms with E-state index in [1.807, 2.05) is 25.1 Å². The van der Waals surface area contributed by atoms with E-state index in [1.165, 1.54) is 0 Å². The van der Waals surface area contributed by atoms with E-state index >= 15 is 0 Å². The van der Waals surface area contributed by atoms with Crippen molar-refractivity contribution < 1.29 is 9.90 Å². The van der Waals surface area contributed by atoms with Crippen LogP contribution in [-0.2, 0) is 4.79 Å². The first-order chi connectivity index (χ1) is 6.61. The van der Waals surface area contributed by atoms with Gasteiger partial charge in [-0.05, 0) is 26.0 Å². The van der Waals surface area contributed by atoms with E-state index in [-0.39, 0.29) is 6.04 Å². The Balaban J connectivity index is 2.57. The fourth-order valence-electron chi connectivity index (χ4n) is 1.02. The largest absolute Gasteiger partial charge is 0.481 e. The van der Waals surface area contributed by atoms with Gasteiger partial charge in [-0.2, -0.15) is 0 Å². The Morgan fingerprint density at radius 1 is 1.50 bits per heavy atom. The van der Waals surface area contributed by atoms with Gasteiger partial charge in [0.15, 0.2) is 0 Å². The Hall–Kier alpha value is -1.58. The zero-order valence-corrected chi connectivity index (χ0v) is 8.27. The van der Waals surface area contributed by atoms with Crippen LogP contribution in [0.1, 0.15) is 13.8 Å². The zero-order valence-electron chi connectivity index (χ0n) is 8.27. The molecule has 0 amide bonds. The molecular formula is C10H14N2O2. The molecule has 0 unspecified atom stereocenters. The molecule has 0 saturated heterocycles. The van der Waals surface area contributed by atoms with Crippen LogP contribution in [0.25, 0.3) is 0 Å². The second kappa shape index (κ2) is 4.60. The number of pyridine rings is 1. The number of carboxylic acid groups (broad SMARTS) is 1. The summed E-state index contributed by atoms with van der Waals surface area (Å²) in [7, 11) is 0. The van der Waals surface area contributed by atoms with Crippen LogP contribution in [0.4, 0.5) is 5.82 Å². The number of nitrogens with zero attached hydrogens (tertiary/aromatic N) is 1. The molecule has 0 aliphatic carbocycles. The van der Waals surface area contributed by atoms with E-state index in [2.05, 4.69) is 10.3 Å². The van der Waals surface area contributed by atoms with Crippen molar-refractivity contribution in [3.8, 4) is 0 Å². The Morgan fingerprint density at radius 2 is 2.21 bits per heavy atom. The molecule has 0 aliphatic heterocycles. The van der Waals surface area contributed by atoms with Gasteiger partial charge >= 0.3 is 5.97 Å². The molecule has 0 aromatic carbocycles. The molecule has 0 radical (unpaired) electrons. The van der Waals surface area contributed by atoms with Gasteiger partial charge in [0.05, 0.1) is 5.92 Å². The monoisotopic (exact) mass is 194 g/mol. The van der Waals surface area contributed by atoms with Crippen LogP contribution in [0.5, 0.6) is 0 Å². The summed E-state index contributed by atoms with van der Waals surface area (Å²) in [6.45, 7) is 3.50. The van der Waals surface area contributed by atoms with Gasteiger partial charge in [0, 0.05) is 12.2 Å².